The van der Waals surface area contributed by atoms with Crippen LogP contribution in [0.1, 0.15) is 22.3 Å². The van der Waals surface area contributed by atoms with Crippen LogP contribution in [-0.4, -0.2) is 15.0 Å². The summed E-state index contributed by atoms with van der Waals surface area (Å²) in [5.41, 5.74) is 14.2. The number of fused-ring (bicyclic) bond motifs is 9. The van der Waals surface area contributed by atoms with E-state index < -0.39 is 5.41 Å². The summed E-state index contributed by atoms with van der Waals surface area (Å²) in [7, 11) is 0. The van der Waals surface area contributed by atoms with Crippen LogP contribution in [0.25, 0.3) is 67.5 Å². The van der Waals surface area contributed by atoms with Crippen LogP contribution < -0.4 is 4.74 Å². The smallest absolute Gasteiger partial charge is 0.164 e. The van der Waals surface area contributed by atoms with Gasteiger partial charge in [0.1, 0.15) is 11.5 Å². The molecule has 11 rings (SSSR count). The fourth-order valence-corrected chi connectivity index (χ4v) is 8.65. The van der Waals surface area contributed by atoms with E-state index in [4.69, 9.17) is 19.7 Å². The van der Waals surface area contributed by atoms with Crippen LogP contribution >= 0.6 is 0 Å². The van der Waals surface area contributed by atoms with Gasteiger partial charge in [0, 0.05) is 27.8 Å². The van der Waals surface area contributed by atoms with E-state index >= 15 is 0 Å². The fourth-order valence-electron chi connectivity index (χ4n) is 8.65. The number of benzene rings is 8. The van der Waals surface area contributed by atoms with E-state index in [1.165, 1.54) is 33.4 Å². The summed E-state index contributed by atoms with van der Waals surface area (Å²) in [6, 6.07) is 70.2. The molecule has 4 nitrogen and oxygen atoms in total. The molecule has 8 aromatic carbocycles. The number of aromatic nitrogens is 3. The van der Waals surface area contributed by atoms with Gasteiger partial charge in [0.2, 0.25) is 0 Å². The maximum absolute atomic E-state index is 6.77. The summed E-state index contributed by atoms with van der Waals surface area (Å²) in [4.78, 5) is 14.9. The molecule has 0 unspecified atom stereocenters. The van der Waals surface area contributed by atoms with Gasteiger partial charge in [0.25, 0.3) is 0 Å². The van der Waals surface area contributed by atoms with Gasteiger partial charge in [-0.2, -0.15) is 0 Å². The average Bonchev–Trinajstić information content (AvgIpc) is 3.57. The molecule has 0 bridgehead atoms. The Kier molecular flexibility index (Phi) is 7.36. The van der Waals surface area contributed by atoms with Gasteiger partial charge in [-0.15, -0.1) is 0 Å². The molecule has 262 valence electrons. The second kappa shape index (κ2) is 12.9. The number of ether oxygens (including phenoxy) is 1. The maximum atomic E-state index is 6.77. The molecular formula is C52H33N3O. The van der Waals surface area contributed by atoms with Crippen LogP contribution in [0.5, 0.6) is 11.5 Å². The molecule has 2 aliphatic rings. The number of hydrogen-bond acceptors (Lipinski definition) is 4. The van der Waals surface area contributed by atoms with Gasteiger partial charge in [0.15, 0.2) is 17.5 Å². The third kappa shape index (κ3) is 5.04. The van der Waals surface area contributed by atoms with E-state index in [2.05, 4.69) is 164 Å². The SMILES string of the molecule is c1ccc(-c2ccc(-c3nc(-c4ccccc4)nc(-c4ccc(-c5ccc6c(c5)Oc5ccccc5C65c6ccccc6-c6ccccc65)cc4)n3)cc2)cc1. The van der Waals surface area contributed by atoms with Crippen molar-refractivity contribution >= 4 is 0 Å². The van der Waals surface area contributed by atoms with E-state index in [1.807, 2.05) is 36.4 Å². The quantitative estimate of drug-likeness (QED) is 0.178. The van der Waals surface area contributed by atoms with E-state index in [1.54, 1.807) is 0 Å². The van der Waals surface area contributed by atoms with Crippen LogP contribution in [0.3, 0.4) is 0 Å². The first-order valence-corrected chi connectivity index (χ1v) is 18.9. The molecule has 0 saturated heterocycles. The first-order chi connectivity index (χ1) is 27.7. The topological polar surface area (TPSA) is 47.9 Å². The predicted molar refractivity (Wildman–Crippen MR) is 224 cm³/mol. The van der Waals surface area contributed by atoms with E-state index in [0.717, 1.165) is 50.4 Å². The van der Waals surface area contributed by atoms with Gasteiger partial charge < -0.3 is 4.74 Å². The second-order valence-electron chi connectivity index (χ2n) is 14.3. The Bertz CT molecular complexity index is 2880. The zero-order chi connectivity index (χ0) is 37.1. The Morgan fingerprint density at radius 1 is 0.286 bits per heavy atom. The number of para-hydroxylation sites is 1. The lowest BCUT2D eigenvalue weighted by Gasteiger charge is -2.39. The third-order valence-corrected chi connectivity index (χ3v) is 11.2. The lowest BCUT2D eigenvalue weighted by atomic mass is 9.66. The van der Waals surface area contributed by atoms with Crippen molar-refractivity contribution in [1.29, 1.82) is 0 Å². The number of hydrogen-bond donors (Lipinski definition) is 0. The fraction of sp³-hybridized carbons (Fsp3) is 0.0192. The van der Waals surface area contributed by atoms with Crippen molar-refractivity contribution in [3.8, 4) is 79.0 Å². The molecule has 0 saturated carbocycles. The Labute approximate surface area is 325 Å². The molecule has 1 aliphatic heterocycles. The zero-order valence-electron chi connectivity index (χ0n) is 30.3. The Morgan fingerprint density at radius 3 is 1.23 bits per heavy atom. The Balaban J connectivity index is 0.983. The second-order valence-corrected chi connectivity index (χ2v) is 14.3. The molecule has 4 heteroatoms. The first kappa shape index (κ1) is 32.0. The van der Waals surface area contributed by atoms with Crippen LogP contribution in [-0.2, 0) is 5.41 Å². The summed E-state index contributed by atoms with van der Waals surface area (Å²) >= 11 is 0. The number of rotatable bonds is 5. The maximum Gasteiger partial charge on any atom is 0.164 e. The molecule has 0 atom stereocenters. The molecule has 0 N–H and O–H groups in total. The van der Waals surface area contributed by atoms with Crippen molar-refractivity contribution in [2.45, 2.75) is 5.41 Å². The zero-order valence-corrected chi connectivity index (χ0v) is 30.3. The molecule has 2 heterocycles. The van der Waals surface area contributed by atoms with E-state index in [0.29, 0.717) is 17.5 Å². The lowest BCUT2D eigenvalue weighted by Crippen LogP contribution is -2.32. The highest BCUT2D eigenvalue weighted by atomic mass is 16.5. The van der Waals surface area contributed by atoms with Crippen LogP contribution in [0.4, 0.5) is 0 Å². The average molecular weight is 716 g/mol. The van der Waals surface area contributed by atoms with E-state index in [-0.39, 0.29) is 0 Å². The van der Waals surface area contributed by atoms with Crippen molar-refractivity contribution in [3.63, 3.8) is 0 Å². The first-order valence-electron chi connectivity index (χ1n) is 18.9. The van der Waals surface area contributed by atoms with Crippen LogP contribution in [0.15, 0.2) is 200 Å². The van der Waals surface area contributed by atoms with Gasteiger partial charge in [-0.3, -0.25) is 0 Å². The highest BCUT2D eigenvalue weighted by Gasteiger charge is 2.50. The van der Waals surface area contributed by atoms with Gasteiger partial charge in [0.05, 0.1) is 5.41 Å². The highest BCUT2D eigenvalue weighted by molar-refractivity contribution is 5.89. The molecule has 1 spiro atoms. The van der Waals surface area contributed by atoms with Crippen molar-refractivity contribution in [1.82, 2.24) is 15.0 Å². The summed E-state index contributed by atoms with van der Waals surface area (Å²) in [6.45, 7) is 0. The highest BCUT2D eigenvalue weighted by Crippen LogP contribution is 2.62. The predicted octanol–water partition coefficient (Wildman–Crippen LogP) is 12.7. The minimum Gasteiger partial charge on any atom is -0.457 e. The minimum absolute atomic E-state index is 0.478. The Hall–Kier alpha value is -7.43. The largest absolute Gasteiger partial charge is 0.457 e. The molecule has 0 radical (unpaired) electrons. The van der Waals surface area contributed by atoms with Gasteiger partial charge >= 0.3 is 0 Å². The summed E-state index contributed by atoms with van der Waals surface area (Å²) < 4.78 is 6.77. The molecule has 9 aromatic rings. The summed E-state index contributed by atoms with van der Waals surface area (Å²) in [5.74, 6) is 3.64. The normalized spacial score (nSPS) is 12.9. The molecule has 0 fully saturated rings. The summed E-state index contributed by atoms with van der Waals surface area (Å²) in [6.07, 6.45) is 0. The van der Waals surface area contributed by atoms with E-state index in [9.17, 15) is 0 Å². The van der Waals surface area contributed by atoms with Crippen molar-refractivity contribution in [2.24, 2.45) is 0 Å². The number of nitrogens with zero attached hydrogens (tertiary/aromatic N) is 3. The van der Waals surface area contributed by atoms with Gasteiger partial charge in [-0.25, -0.2) is 15.0 Å². The van der Waals surface area contributed by atoms with Crippen LogP contribution in [0.2, 0.25) is 0 Å². The molecule has 1 aliphatic carbocycles. The third-order valence-electron chi connectivity index (χ3n) is 11.2. The molecule has 0 amide bonds. The van der Waals surface area contributed by atoms with Gasteiger partial charge in [-0.1, -0.05) is 188 Å². The molecular weight excluding hydrogens is 683 g/mol. The Morgan fingerprint density at radius 2 is 0.661 bits per heavy atom. The minimum atomic E-state index is -0.478. The standard InChI is InChI=1S/C52H33N3O/c1-3-13-34(14-4-1)35-23-27-38(28-24-35)50-53-49(37-15-5-2-6-16-37)54-51(55-50)39-29-25-36(26-30-39)40-31-32-46-48(33-40)56-47-22-12-11-21-45(47)52(46)43-19-9-7-17-41(43)42-18-8-10-20-44(42)52/h1-33H. The monoisotopic (exact) mass is 715 g/mol. The summed E-state index contributed by atoms with van der Waals surface area (Å²) in [5, 5.41) is 0. The van der Waals surface area contributed by atoms with Crippen molar-refractivity contribution in [2.75, 3.05) is 0 Å². The molecule has 56 heavy (non-hydrogen) atoms. The lowest BCUT2D eigenvalue weighted by molar-refractivity contribution is 0.436. The van der Waals surface area contributed by atoms with Crippen LogP contribution in [0, 0.1) is 0 Å². The van der Waals surface area contributed by atoms with Gasteiger partial charge in [-0.05, 0) is 56.6 Å². The van der Waals surface area contributed by atoms with Crippen molar-refractivity contribution in [3.05, 3.63) is 222 Å². The molecule has 1 aromatic heterocycles. The van der Waals surface area contributed by atoms with Crippen molar-refractivity contribution < 1.29 is 4.74 Å².